The lowest BCUT2D eigenvalue weighted by Crippen LogP contribution is -2.02. The summed E-state index contributed by atoms with van der Waals surface area (Å²) in [5, 5.41) is 7.66. The number of rotatable bonds is 3. The molecule has 0 aliphatic rings. The molecule has 0 fully saturated rings. The molecule has 0 aliphatic carbocycles. The number of fused-ring (bicyclic) bond motifs is 2. The summed E-state index contributed by atoms with van der Waals surface area (Å²) < 4.78 is 10.7. The van der Waals surface area contributed by atoms with Crippen LogP contribution in [0.5, 0.6) is 5.88 Å². The van der Waals surface area contributed by atoms with Gasteiger partial charge in [-0.15, -0.1) is 0 Å². The van der Waals surface area contributed by atoms with Gasteiger partial charge in [-0.3, -0.25) is 0 Å². The third-order valence-electron chi connectivity index (χ3n) is 4.20. The van der Waals surface area contributed by atoms with Gasteiger partial charge in [0.25, 0.3) is 0 Å². The van der Waals surface area contributed by atoms with E-state index in [1.807, 2.05) is 60.7 Å². The average Bonchev–Trinajstić information content (AvgIpc) is 3.24. The zero-order chi connectivity index (χ0) is 19.5. The van der Waals surface area contributed by atoms with Gasteiger partial charge in [0.1, 0.15) is 23.2 Å². The number of pyridine rings is 1. The van der Waals surface area contributed by atoms with Crippen molar-refractivity contribution < 1.29 is 9.37 Å². The number of hydrogen-bond donors (Lipinski definition) is 0. The Balaban J connectivity index is 1.49. The highest BCUT2D eigenvalue weighted by Crippen LogP contribution is 2.19. The number of ether oxygens (including phenoxy) is 1. The van der Waals surface area contributed by atoms with Crippen LogP contribution in [0, 0.1) is 11.8 Å². The summed E-state index contributed by atoms with van der Waals surface area (Å²) in [6, 6.07) is 18.9. The van der Waals surface area contributed by atoms with Gasteiger partial charge in [0, 0.05) is 11.8 Å². The van der Waals surface area contributed by atoms with Crippen molar-refractivity contribution >= 4 is 22.2 Å². The molecule has 0 N–H and O–H groups in total. The van der Waals surface area contributed by atoms with Crippen molar-refractivity contribution in [1.29, 1.82) is 0 Å². The van der Waals surface area contributed by atoms with Gasteiger partial charge >= 0.3 is 0 Å². The number of aromatic nitrogens is 5. The van der Waals surface area contributed by atoms with E-state index in [9.17, 15) is 0 Å². The van der Waals surface area contributed by atoms with E-state index in [1.54, 1.807) is 6.20 Å². The Morgan fingerprint density at radius 3 is 2.66 bits per heavy atom. The second-order valence-corrected chi connectivity index (χ2v) is 6.22. The van der Waals surface area contributed by atoms with Crippen LogP contribution >= 0.6 is 0 Å². The molecule has 0 saturated heterocycles. The third kappa shape index (κ3) is 3.59. The van der Waals surface area contributed by atoms with Gasteiger partial charge < -0.3 is 4.74 Å². The molecule has 0 aliphatic heterocycles. The first-order chi connectivity index (χ1) is 14.3. The van der Waals surface area contributed by atoms with Crippen molar-refractivity contribution in [2.24, 2.45) is 0 Å². The normalized spacial score (nSPS) is 10.6. The highest BCUT2D eigenvalue weighted by atomic mass is 16.6. The molecule has 0 bridgehead atoms. The second-order valence-electron chi connectivity index (χ2n) is 6.22. The predicted octanol–water partition coefficient (Wildman–Crippen LogP) is 3.54. The van der Waals surface area contributed by atoms with Crippen LogP contribution in [-0.2, 0) is 6.61 Å². The van der Waals surface area contributed by atoms with Crippen LogP contribution in [0.25, 0.3) is 22.2 Å². The van der Waals surface area contributed by atoms with Gasteiger partial charge in [0.05, 0.1) is 0 Å². The number of hydrogen-bond acceptors (Lipinski definition) is 7. The van der Waals surface area contributed by atoms with Crippen molar-refractivity contribution in [2.45, 2.75) is 6.61 Å². The standard InChI is InChI=1S/C22H13N5O2/c1-2-5-15(6-3-1)8-11-19-22(25-18-7-4-12-23-21(18)24-19)28-14-16-9-10-17-20(13-16)27-29-26-17/h1-7,9-10,12-13H,14H2. The molecule has 7 nitrogen and oxygen atoms in total. The Morgan fingerprint density at radius 2 is 1.72 bits per heavy atom. The molecule has 3 aromatic heterocycles. The summed E-state index contributed by atoms with van der Waals surface area (Å²) in [5.41, 5.74) is 4.75. The Bertz CT molecular complexity index is 1370. The van der Waals surface area contributed by atoms with Gasteiger partial charge in [-0.25, -0.2) is 19.6 Å². The van der Waals surface area contributed by atoms with Crippen LogP contribution in [0.2, 0.25) is 0 Å². The molecule has 5 aromatic rings. The zero-order valence-corrected chi connectivity index (χ0v) is 15.1. The molecule has 2 aromatic carbocycles. The average molecular weight is 379 g/mol. The Labute approximate surface area is 165 Å². The largest absolute Gasteiger partial charge is 0.471 e. The van der Waals surface area contributed by atoms with Crippen LogP contribution in [-0.4, -0.2) is 25.3 Å². The van der Waals surface area contributed by atoms with Crippen LogP contribution in [0.4, 0.5) is 0 Å². The van der Waals surface area contributed by atoms with E-state index in [4.69, 9.17) is 9.37 Å². The lowest BCUT2D eigenvalue weighted by molar-refractivity contribution is 0.293. The van der Waals surface area contributed by atoms with E-state index in [0.717, 1.165) is 11.1 Å². The minimum atomic E-state index is 0.281. The van der Waals surface area contributed by atoms with E-state index >= 15 is 0 Å². The van der Waals surface area contributed by atoms with Crippen molar-refractivity contribution in [3.8, 4) is 17.7 Å². The molecule has 0 spiro atoms. The van der Waals surface area contributed by atoms with Crippen LogP contribution in [0.3, 0.4) is 0 Å². The van der Waals surface area contributed by atoms with Gasteiger partial charge in [0.15, 0.2) is 11.3 Å². The van der Waals surface area contributed by atoms with Crippen molar-refractivity contribution in [1.82, 2.24) is 25.3 Å². The molecule has 0 atom stereocenters. The molecular formula is C22H13N5O2. The molecule has 0 amide bonds. The molecule has 7 heteroatoms. The van der Waals surface area contributed by atoms with Crippen molar-refractivity contribution in [2.75, 3.05) is 0 Å². The minimum absolute atomic E-state index is 0.281. The lowest BCUT2D eigenvalue weighted by Gasteiger charge is -2.08. The summed E-state index contributed by atoms with van der Waals surface area (Å²) in [6.45, 7) is 0.281. The molecule has 0 unspecified atom stereocenters. The second kappa shape index (κ2) is 7.37. The quantitative estimate of drug-likeness (QED) is 0.443. The third-order valence-corrected chi connectivity index (χ3v) is 4.20. The first kappa shape index (κ1) is 16.8. The monoisotopic (exact) mass is 379 g/mol. The van der Waals surface area contributed by atoms with Gasteiger partial charge in [-0.05, 0) is 58.2 Å². The summed E-state index contributed by atoms with van der Waals surface area (Å²) in [7, 11) is 0. The molecule has 0 radical (unpaired) electrons. The van der Waals surface area contributed by atoms with Gasteiger partial charge in [-0.2, -0.15) is 0 Å². The maximum absolute atomic E-state index is 5.96. The van der Waals surface area contributed by atoms with Crippen LogP contribution < -0.4 is 4.74 Å². The molecular weight excluding hydrogens is 366 g/mol. The van der Waals surface area contributed by atoms with Crippen LogP contribution in [0.15, 0.2) is 71.5 Å². The molecule has 138 valence electrons. The van der Waals surface area contributed by atoms with Gasteiger partial charge in [0.2, 0.25) is 5.88 Å². The van der Waals surface area contributed by atoms with E-state index in [2.05, 4.69) is 37.1 Å². The molecule has 3 heterocycles. The Morgan fingerprint density at radius 1 is 0.828 bits per heavy atom. The molecule has 5 rings (SSSR count). The molecule has 29 heavy (non-hydrogen) atoms. The van der Waals surface area contributed by atoms with E-state index < -0.39 is 0 Å². The maximum atomic E-state index is 5.96. The summed E-state index contributed by atoms with van der Waals surface area (Å²) in [5.74, 6) is 6.51. The molecule has 0 saturated carbocycles. The Hall–Kier alpha value is -4.31. The van der Waals surface area contributed by atoms with Gasteiger partial charge in [-0.1, -0.05) is 30.2 Å². The summed E-state index contributed by atoms with van der Waals surface area (Å²) in [6.07, 6.45) is 1.67. The highest BCUT2D eigenvalue weighted by Gasteiger charge is 2.10. The topological polar surface area (TPSA) is 86.8 Å². The number of benzene rings is 2. The summed E-state index contributed by atoms with van der Waals surface area (Å²) in [4.78, 5) is 13.4. The van der Waals surface area contributed by atoms with Crippen molar-refractivity contribution in [3.05, 3.63) is 83.7 Å². The SMILES string of the molecule is C(#Cc1nc2ncccc2nc1OCc1ccc2nonc2c1)c1ccccc1. The lowest BCUT2D eigenvalue weighted by atomic mass is 10.2. The fourth-order valence-electron chi connectivity index (χ4n) is 2.78. The first-order valence-electron chi connectivity index (χ1n) is 8.89. The zero-order valence-electron chi connectivity index (χ0n) is 15.1. The fraction of sp³-hybridized carbons (Fsp3) is 0.0455. The van der Waals surface area contributed by atoms with E-state index in [1.165, 1.54) is 0 Å². The smallest absolute Gasteiger partial charge is 0.250 e. The highest BCUT2D eigenvalue weighted by molar-refractivity contribution is 5.73. The minimum Gasteiger partial charge on any atom is -0.471 e. The number of nitrogens with zero attached hydrogens (tertiary/aromatic N) is 5. The van der Waals surface area contributed by atoms with E-state index in [-0.39, 0.29) is 6.61 Å². The maximum Gasteiger partial charge on any atom is 0.250 e. The van der Waals surface area contributed by atoms with E-state index in [0.29, 0.717) is 33.8 Å². The van der Waals surface area contributed by atoms with Crippen molar-refractivity contribution in [3.63, 3.8) is 0 Å². The predicted molar refractivity (Wildman–Crippen MR) is 106 cm³/mol. The van der Waals surface area contributed by atoms with Crippen LogP contribution in [0.1, 0.15) is 16.8 Å². The Kier molecular flexibility index (Phi) is 4.28. The fourth-order valence-corrected chi connectivity index (χ4v) is 2.78. The first-order valence-corrected chi connectivity index (χ1v) is 8.89. The summed E-state index contributed by atoms with van der Waals surface area (Å²) >= 11 is 0.